The molecule has 2 N–H and O–H groups in total. The maximum atomic E-state index is 13.2. The molecule has 8 heteroatoms. The molecule has 1 aromatic carbocycles. The Morgan fingerprint density at radius 2 is 2.00 bits per heavy atom. The number of nitrogens with one attached hydrogen (secondary N) is 2. The number of sulfone groups is 1. The van der Waals surface area contributed by atoms with Gasteiger partial charge in [0.15, 0.2) is 5.96 Å². The van der Waals surface area contributed by atoms with E-state index >= 15 is 0 Å². The van der Waals surface area contributed by atoms with E-state index in [1.165, 1.54) is 12.3 Å². The molecule has 0 saturated heterocycles. The Kier molecular flexibility index (Phi) is 9.58. The van der Waals surface area contributed by atoms with E-state index in [2.05, 4.69) is 15.6 Å². The van der Waals surface area contributed by atoms with Gasteiger partial charge in [-0.2, -0.15) is 0 Å². The summed E-state index contributed by atoms with van der Waals surface area (Å²) < 4.78 is 35.2. The quantitative estimate of drug-likeness (QED) is 0.305. The minimum atomic E-state index is -2.93. The van der Waals surface area contributed by atoms with Crippen molar-refractivity contribution >= 4 is 39.8 Å². The number of benzene rings is 1. The topological polar surface area (TPSA) is 70.6 Å². The van der Waals surface area contributed by atoms with Crippen molar-refractivity contribution in [2.24, 2.45) is 4.99 Å². The lowest BCUT2D eigenvalue weighted by molar-refractivity contribution is 0.598. The van der Waals surface area contributed by atoms with E-state index in [0.717, 1.165) is 5.56 Å². The molecule has 0 unspecified atom stereocenters. The second-order valence-corrected chi connectivity index (χ2v) is 7.18. The normalized spacial score (nSPS) is 11.7. The van der Waals surface area contributed by atoms with Gasteiger partial charge in [-0.05, 0) is 30.5 Å². The van der Waals surface area contributed by atoms with Crippen molar-refractivity contribution in [2.45, 2.75) is 19.9 Å². The summed E-state index contributed by atoms with van der Waals surface area (Å²) in [4.78, 5) is 4.05. The fourth-order valence-electron chi connectivity index (χ4n) is 1.76. The van der Waals surface area contributed by atoms with E-state index in [0.29, 0.717) is 31.0 Å². The zero-order valence-corrected chi connectivity index (χ0v) is 16.2. The molecule has 126 valence electrons. The third-order valence-electron chi connectivity index (χ3n) is 2.89. The minimum absolute atomic E-state index is 0. The van der Waals surface area contributed by atoms with Crippen LogP contribution in [0.15, 0.2) is 23.2 Å². The van der Waals surface area contributed by atoms with Crippen molar-refractivity contribution in [3.05, 3.63) is 35.1 Å². The molecule has 0 spiro atoms. The summed E-state index contributed by atoms with van der Waals surface area (Å²) in [7, 11) is -1.29. The van der Waals surface area contributed by atoms with Gasteiger partial charge in [-0.3, -0.25) is 4.99 Å². The molecule has 0 saturated carbocycles. The number of halogens is 2. The van der Waals surface area contributed by atoms with Crippen molar-refractivity contribution in [1.82, 2.24) is 10.6 Å². The van der Waals surface area contributed by atoms with Gasteiger partial charge < -0.3 is 10.6 Å². The van der Waals surface area contributed by atoms with E-state index in [4.69, 9.17) is 0 Å². The molecule has 0 bridgehead atoms. The predicted molar refractivity (Wildman–Crippen MR) is 99.1 cm³/mol. The molecule has 0 aliphatic heterocycles. The highest BCUT2D eigenvalue weighted by molar-refractivity contribution is 14.0. The molecular weight excluding hydrogens is 420 g/mol. The summed E-state index contributed by atoms with van der Waals surface area (Å²) in [6, 6.07) is 4.93. The third-order valence-corrected chi connectivity index (χ3v) is 3.92. The molecular formula is C14H23FIN3O2S. The lowest BCUT2D eigenvalue weighted by atomic mass is 10.1. The molecule has 0 aliphatic rings. The molecule has 0 amide bonds. The standard InChI is InChI=1S/C14H22FN3O2S.HI/c1-11-9-12(5-6-13(11)15)10-18-14(16-2)17-7-4-8-21(3,19)20;/h5-6,9H,4,7-8,10H2,1-3H3,(H2,16,17,18);1H. The molecule has 22 heavy (non-hydrogen) atoms. The van der Waals surface area contributed by atoms with Crippen LogP contribution in [0, 0.1) is 12.7 Å². The summed E-state index contributed by atoms with van der Waals surface area (Å²) in [5.74, 6) is 0.515. The molecule has 0 aliphatic carbocycles. The molecule has 0 heterocycles. The van der Waals surface area contributed by atoms with Gasteiger partial charge in [0.1, 0.15) is 15.7 Å². The van der Waals surface area contributed by atoms with E-state index in [9.17, 15) is 12.8 Å². The van der Waals surface area contributed by atoms with Crippen LogP contribution in [-0.2, 0) is 16.4 Å². The van der Waals surface area contributed by atoms with E-state index < -0.39 is 9.84 Å². The zero-order chi connectivity index (χ0) is 15.9. The predicted octanol–water partition coefficient (Wildman–Crippen LogP) is 1.85. The summed E-state index contributed by atoms with van der Waals surface area (Å²) in [6.45, 7) is 2.76. The highest BCUT2D eigenvalue weighted by atomic mass is 127. The van der Waals surface area contributed by atoms with E-state index in [1.807, 2.05) is 0 Å². The van der Waals surface area contributed by atoms with Crippen LogP contribution in [0.25, 0.3) is 0 Å². The summed E-state index contributed by atoms with van der Waals surface area (Å²) in [5.41, 5.74) is 1.55. The SMILES string of the molecule is CN=C(NCCCS(C)(=O)=O)NCc1ccc(F)c(C)c1.I. The van der Waals surface area contributed by atoms with Crippen LogP contribution in [0.1, 0.15) is 17.5 Å². The van der Waals surface area contributed by atoms with Crippen LogP contribution < -0.4 is 10.6 Å². The van der Waals surface area contributed by atoms with Gasteiger partial charge in [0, 0.05) is 26.4 Å². The van der Waals surface area contributed by atoms with Crippen LogP contribution >= 0.6 is 24.0 Å². The average molecular weight is 443 g/mol. The Morgan fingerprint density at radius 3 is 2.55 bits per heavy atom. The fraction of sp³-hybridized carbons (Fsp3) is 0.500. The van der Waals surface area contributed by atoms with Crippen molar-refractivity contribution in [3.63, 3.8) is 0 Å². The first-order chi connectivity index (χ1) is 9.81. The Balaban J connectivity index is 0.00000441. The highest BCUT2D eigenvalue weighted by Gasteiger charge is 2.03. The van der Waals surface area contributed by atoms with Crippen molar-refractivity contribution in [3.8, 4) is 0 Å². The van der Waals surface area contributed by atoms with Crippen molar-refractivity contribution in [1.29, 1.82) is 0 Å². The summed E-state index contributed by atoms with van der Waals surface area (Å²) >= 11 is 0. The molecule has 5 nitrogen and oxygen atoms in total. The third kappa shape index (κ3) is 8.52. The Labute approximate surface area is 148 Å². The fourth-order valence-corrected chi connectivity index (χ4v) is 2.43. The van der Waals surface area contributed by atoms with Crippen LogP contribution in [0.3, 0.4) is 0 Å². The zero-order valence-electron chi connectivity index (χ0n) is 13.0. The molecule has 1 aromatic rings. The number of guanidine groups is 1. The van der Waals surface area contributed by atoms with Crippen LogP contribution in [0.2, 0.25) is 0 Å². The molecule has 0 radical (unpaired) electrons. The summed E-state index contributed by atoms with van der Waals surface area (Å²) in [5, 5.41) is 6.14. The first-order valence-electron chi connectivity index (χ1n) is 6.69. The van der Waals surface area contributed by atoms with Gasteiger partial charge in [0.2, 0.25) is 0 Å². The van der Waals surface area contributed by atoms with E-state index in [1.54, 1.807) is 26.1 Å². The number of hydrogen-bond donors (Lipinski definition) is 2. The van der Waals surface area contributed by atoms with Crippen molar-refractivity contribution < 1.29 is 12.8 Å². The number of aliphatic imine (C=N–C) groups is 1. The lowest BCUT2D eigenvalue weighted by Crippen LogP contribution is -2.37. The maximum Gasteiger partial charge on any atom is 0.191 e. The molecule has 0 fully saturated rings. The monoisotopic (exact) mass is 443 g/mol. The Bertz CT molecular complexity index is 606. The van der Waals surface area contributed by atoms with Crippen LogP contribution in [0.4, 0.5) is 4.39 Å². The Hall–Kier alpha value is -0.900. The Morgan fingerprint density at radius 1 is 1.32 bits per heavy atom. The van der Waals surface area contributed by atoms with Gasteiger partial charge in [0.05, 0.1) is 5.75 Å². The second kappa shape index (κ2) is 9.98. The lowest BCUT2D eigenvalue weighted by Gasteiger charge is -2.12. The first kappa shape index (κ1) is 21.1. The molecule has 0 aromatic heterocycles. The van der Waals surface area contributed by atoms with Gasteiger partial charge in [-0.1, -0.05) is 12.1 Å². The van der Waals surface area contributed by atoms with Crippen LogP contribution in [-0.4, -0.2) is 40.0 Å². The number of nitrogens with zero attached hydrogens (tertiary/aromatic N) is 1. The van der Waals surface area contributed by atoms with Gasteiger partial charge in [-0.25, -0.2) is 12.8 Å². The first-order valence-corrected chi connectivity index (χ1v) is 8.75. The van der Waals surface area contributed by atoms with Crippen LogP contribution in [0.5, 0.6) is 0 Å². The molecule has 1 rings (SSSR count). The van der Waals surface area contributed by atoms with Gasteiger partial charge in [0.25, 0.3) is 0 Å². The van der Waals surface area contributed by atoms with Crippen molar-refractivity contribution in [2.75, 3.05) is 25.6 Å². The van der Waals surface area contributed by atoms with E-state index in [-0.39, 0.29) is 35.5 Å². The average Bonchev–Trinajstić information content (AvgIpc) is 2.40. The number of aryl methyl sites for hydroxylation is 1. The smallest absolute Gasteiger partial charge is 0.191 e. The highest BCUT2D eigenvalue weighted by Crippen LogP contribution is 2.08. The number of hydrogen-bond acceptors (Lipinski definition) is 3. The molecule has 0 atom stereocenters. The summed E-state index contributed by atoms with van der Waals surface area (Å²) in [6.07, 6.45) is 1.74. The maximum absolute atomic E-state index is 13.2. The number of rotatable bonds is 6. The second-order valence-electron chi connectivity index (χ2n) is 4.92. The minimum Gasteiger partial charge on any atom is -0.356 e. The van der Waals surface area contributed by atoms with Gasteiger partial charge in [-0.15, -0.1) is 24.0 Å². The largest absolute Gasteiger partial charge is 0.356 e. The van der Waals surface area contributed by atoms with Gasteiger partial charge >= 0.3 is 0 Å².